The summed E-state index contributed by atoms with van der Waals surface area (Å²) in [5.74, 6) is -1.71. The zero-order valence-electron chi connectivity index (χ0n) is 21.5. The van der Waals surface area contributed by atoms with Gasteiger partial charge in [-0.25, -0.2) is 8.78 Å². The van der Waals surface area contributed by atoms with Gasteiger partial charge < -0.3 is 9.84 Å². The Morgan fingerprint density at radius 2 is 1.86 bits per heavy atom. The fraction of sp³-hybridized carbons (Fsp3) is 0.552. The molecule has 2 aromatic carbocycles. The Balaban J connectivity index is 1.96. The van der Waals surface area contributed by atoms with Crippen molar-refractivity contribution in [3.8, 4) is 6.07 Å². The summed E-state index contributed by atoms with van der Waals surface area (Å²) in [5, 5.41) is 21.9. The molecule has 0 amide bonds. The van der Waals surface area contributed by atoms with Crippen molar-refractivity contribution < 1.29 is 18.6 Å². The average Bonchev–Trinajstić information content (AvgIpc) is 3.15. The molecule has 1 unspecified atom stereocenters. The van der Waals surface area contributed by atoms with E-state index in [9.17, 15) is 10.4 Å². The number of hydrogen-bond acceptors (Lipinski definition) is 4. The molecule has 0 spiro atoms. The monoisotopic (exact) mass is 550 g/mol. The number of hydrogen-bond donors (Lipinski definition) is 1. The van der Waals surface area contributed by atoms with Crippen LogP contribution in [0, 0.1) is 34.3 Å². The summed E-state index contributed by atoms with van der Waals surface area (Å²) in [5.41, 5.74) is -1.71. The second kappa shape index (κ2) is 11.2. The Morgan fingerprint density at radius 3 is 2.46 bits per heavy atom. The molecule has 2 saturated heterocycles. The summed E-state index contributed by atoms with van der Waals surface area (Å²) in [7, 11) is 0. The molecule has 0 aliphatic carbocycles. The summed E-state index contributed by atoms with van der Waals surface area (Å²) in [6, 6.07) is 10.3. The van der Waals surface area contributed by atoms with Gasteiger partial charge in [0.2, 0.25) is 0 Å². The fourth-order valence-corrected chi connectivity index (χ4v) is 7.06. The summed E-state index contributed by atoms with van der Waals surface area (Å²) in [4.78, 5) is 2.12. The smallest absolute Gasteiger partial charge is 0.145 e. The molecule has 2 fully saturated rings. The predicted octanol–water partition coefficient (Wildman–Crippen LogP) is 6.72. The number of aliphatic hydroxyl groups excluding tert-OH is 1. The molecule has 200 valence electrons. The number of halogens is 4. The lowest BCUT2D eigenvalue weighted by atomic mass is 9.60. The van der Waals surface area contributed by atoms with E-state index < -0.39 is 40.5 Å². The third kappa shape index (κ3) is 5.14. The maximum Gasteiger partial charge on any atom is 0.145 e. The second-order valence-corrected chi connectivity index (χ2v) is 12.2. The Bertz CT molecular complexity index is 1160. The van der Waals surface area contributed by atoms with Gasteiger partial charge in [-0.3, -0.25) is 4.90 Å². The van der Waals surface area contributed by atoms with Gasteiger partial charge in [-0.2, -0.15) is 5.26 Å². The number of nitrogens with zero attached hydrogens (tertiary/aromatic N) is 2. The van der Waals surface area contributed by atoms with E-state index in [1.165, 1.54) is 18.2 Å². The van der Waals surface area contributed by atoms with Gasteiger partial charge in [0.25, 0.3) is 0 Å². The van der Waals surface area contributed by atoms with Crippen molar-refractivity contribution in [2.75, 3.05) is 26.4 Å². The van der Waals surface area contributed by atoms with Gasteiger partial charge in [-0.1, -0.05) is 62.2 Å². The van der Waals surface area contributed by atoms with Crippen LogP contribution in [0.3, 0.4) is 0 Å². The molecule has 2 aliphatic rings. The average molecular weight is 552 g/mol. The van der Waals surface area contributed by atoms with Crippen molar-refractivity contribution >= 4 is 23.2 Å². The molecule has 2 aliphatic heterocycles. The van der Waals surface area contributed by atoms with Crippen LogP contribution in [0.2, 0.25) is 10.0 Å². The van der Waals surface area contributed by atoms with Gasteiger partial charge in [0.15, 0.2) is 0 Å². The molecule has 8 heteroatoms. The molecular weight excluding hydrogens is 517 g/mol. The van der Waals surface area contributed by atoms with Crippen molar-refractivity contribution in [1.82, 2.24) is 4.90 Å². The highest BCUT2D eigenvalue weighted by atomic mass is 35.5. The molecule has 4 nitrogen and oxygen atoms in total. The summed E-state index contributed by atoms with van der Waals surface area (Å²) in [6.45, 7) is 7.69. The number of benzene rings is 2. The molecule has 4 atom stereocenters. The maximum atomic E-state index is 15.7. The molecule has 4 rings (SSSR count). The van der Waals surface area contributed by atoms with Gasteiger partial charge in [0.05, 0.1) is 17.7 Å². The molecule has 0 aromatic heterocycles. The van der Waals surface area contributed by atoms with Crippen LogP contribution in [-0.2, 0) is 10.2 Å². The second-order valence-electron chi connectivity index (χ2n) is 11.3. The number of rotatable bonds is 6. The minimum Gasteiger partial charge on any atom is -0.395 e. The van der Waals surface area contributed by atoms with E-state index >= 15 is 8.78 Å². The largest absolute Gasteiger partial charge is 0.395 e. The van der Waals surface area contributed by atoms with Crippen LogP contribution in [0.4, 0.5) is 8.78 Å². The molecule has 0 radical (unpaired) electrons. The third-order valence-electron chi connectivity index (χ3n) is 8.09. The van der Waals surface area contributed by atoms with Crippen molar-refractivity contribution in [1.29, 1.82) is 5.26 Å². The summed E-state index contributed by atoms with van der Waals surface area (Å²) in [6.07, 6.45) is 2.72. The zero-order chi connectivity index (χ0) is 27.0. The first-order valence-corrected chi connectivity index (χ1v) is 13.6. The third-order valence-corrected chi connectivity index (χ3v) is 8.61. The highest BCUT2D eigenvalue weighted by Gasteiger charge is 2.65. The number of ether oxygens (including phenoxy) is 1. The number of nitriles is 1. The number of likely N-dealkylation sites (tertiary alicyclic amines) is 1. The highest BCUT2D eigenvalue weighted by Crippen LogP contribution is 2.58. The number of aliphatic hydroxyl groups is 1. The lowest BCUT2D eigenvalue weighted by molar-refractivity contribution is 0.0377. The van der Waals surface area contributed by atoms with Crippen LogP contribution in [-0.4, -0.2) is 48.5 Å². The van der Waals surface area contributed by atoms with Crippen molar-refractivity contribution in [3.63, 3.8) is 0 Å². The van der Waals surface area contributed by atoms with E-state index in [0.717, 1.165) is 19.3 Å². The Labute approximate surface area is 228 Å². The van der Waals surface area contributed by atoms with E-state index in [1.54, 1.807) is 18.2 Å². The quantitative estimate of drug-likeness (QED) is 0.433. The molecule has 0 bridgehead atoms. The van der Waals surface area contributed by atoms with Gasteiger partial charge in [-0.15, -0.1) is 0 Å². The normalized spacial score (nSPS) is 27.4. The molecule has 2 aromatic rings. The lowest BCUT2D eigenvalue weighted by Crippen LogP contribution is -2.52. The van der Waals surface area contributed by atoms with Gasteiger partial charge in [0.1, 0.15) is 17.0 Å². The molecule has 1 N–H and O–H groups in total. The minimum absolute atomic E-state index is 0.0782. The maximum absolute atomic E-state index is 15.7. The van der Waals surface area contributed by atoms with E-state index in [-0.39, 0.29) is 27.8 Å². The van der Waals surface area contributed by atoms with E-state index in [0.29, 0.717) is 25.7 Å². The Morgan fingerprint density at radius 1 is 1.16 bits per heavy atom. The van der Waals surface area contributed by atoms with Crippen molar-refractivity contribution in [2.24, 2.45) is 11.3 Å². The SMILES string of the molecule is CC(C)(C)C1N(CCC2CCOCC2)[C@@H](CO)[C@H](c2cccc(Cl)c2F)[C@@]1(C#N)c1ccc(Cl)cc1F. The highest BCUT2D eigenvalue weighted by molar-refractivity contribution is 6.31. The van der Waals surface area contributed by atoms with E-state index in [1.807, 2.05) is 20.8 Å². The van der Waals surface area contributed by atoms with Crippen molar-refractivity contribution in [2.45, 2.75) is 63.5 Å². The summed E-state index contributed by atoms with van der Waals surface area (Å²) < 4.78 is 36.9. The van der Waals surface area contributed by atoms with Crippen LogP contribution < -0.4 is 0 Å². The van der Waals surface area contributed by atoms with Gasteiger partial charge in [0, 0.05) is 41.8 Å². The van der Waals surface area contributed by atoms with Gasteiger partial charge in [-0.05, 0) is 60.9 Å². The van der Waals surface area contributed by atoms with Crippen LogP contribution in [0.1, 0.15) is 57.1 Å². The summed E-state index contributed by atoms with van der Waals surface area (Å²) >= 11 is 12.3. The first-order valence-electron chi connectivity index (χ1n) is 12.8. The molecular formula is C29H34Cl2F2N2O2. The fourth-order valence-electron chi connectivity index (χ4n) is 6.71. The van der Waals surface area contributed by atoms with Crippen LogP contribution in [0.5, 0.6) is 0 Å². The van der Waals surface area contributed by atoms with Crippen LogP contribution in [0.25, 0.3) is 0 Å². The topological polar surface area (TPSA) is 56.5 Å². The molecule has 0 saturated carbocycles. The first kappa shape index (κ1) is 28.3. The Hall–Kier alpha value is -1.75. The van der Waals surface area contributed by atoms with Crippen LogP contribution in [0.15, 0.2) is 36.4 Å². The van der Waals surface area contributed by atoms with Gasteiger partial charge >= 0.3 is 0 Å². The molecule has 37 heavy (non-hydrogen) atoms. The Kier molecular flexibility index (Phi) is 8.52. The predicted molar refractivity (Wildman–Crippen MR) is 142 cm³/mol. The van der Waals surface area contributed by atoms with Crippen LogP contribution >= 0.6 is 23.2 Å². The zero-order valence-corrected chi connectivity index (χ0v) is 23.0. The van der Waals surface area contributed by atoms with Crippen molar-refractivity contribution in [3.05, 3.63) is 69.2 Å². The van der Waals surface area contributed by atoms with E-state index in [2.05, 4.69) is 11.0 Å². The standard InChI is InChI=1S/C29H34Cl2F2N2O2/c1-28(2,3)27-29(17-34,21-8-7-19(30)15-23(21)32)25(20-5-4-6-22(31)26(20)33)24(16-36)35(27)12-9-18-10-13-37-14-11-18/h4-8,15,18,24-25,27,36H,9-14,16H2,1-3H3/t24-,25-,27?,29+/m0/s1. The van der Waals surface area contributed by atoms with E-state index in [4.69, 9.17) is 27.9 Å². The first-order chi connectivity index (χ1) is 17.6. The molecule has 2 heterocycles. The lowest BCUT2D eigenvalue weighted by Gasteiger charge is -2.44. The minimum atomic E-state index is -1.53.